The summed E-state index contributed by atoms with van der Waals surface area (Å²) < 4.78 is 22.1. The lowest BCUT2D eigenvalue weighted by Crippen LogP contribution is -2.26. The molecule has 6 nitrogen and oxygen atoms in total. The van der Waals surface area contributed by atoms with Crippen LogP contribution in [0.25, 0.3) is 0 Å². The van der Waals surface area contributed by atoms with Crippen LogP contribution in [0.3, 0.4) is 0 Å². The fourth-order valence-electron chi connectivity index (χ4n) is 1.50. The Labute approximate surface area is 107 Å². The molecular weight excluding hydrogens is 252 g/mol. The first-order chi connectivity index (χ1) is 8.29. The van der Waals surface area contributed by atoms with Crippen molar-refractivity contribution in [1.82, 2.24) is 9.88 Å². The molecular formula is C11H18N4O2S. The third kappa shape index (κ3) is 4.80. The Morgan fingerprint density at radius 2 is 2.22 bits per heavy atom. The van der Waals surface area contributed by atoms with Crippen molar-refractivity contribution in [2.24, 2.45) is 5.73 Å². The Bertz CT molecular complexity index is 528. The second-order valence-electron chi connectivity index (χ2n) is 4.29. The van der Waals surface area contributed by atoms with Crippen LogP contribution >= 0.6 is 0 Å². The van der Waals surface area contributed by atoms with Crippen LogP contribution in [0.1, 0.15) is 11.3 Å². The van der Waals surface area contributed by atoms with E-state index >= 15 is 0 Å². The minimum atomic E-state index is -2.96. The van der Waals surface area contributed by atoms with Crippen molar-refractivity contribution < 1.29 is 8.42 Å². The molecule has 1 aromatic rings. The van der Waals surface area contributed by atoms with Crippen LogP contribution in [0.5, 0.6) is 0 Å². The van der Waals surface area contributed by atoms with Gasteiger partial charge in [0.1, 0.15) is 21.4 Å². The average molecular weight is 270 g/mol. The summed E-state index contributed by atoms with van der Waals surface area (Å²) in [6.07, 6.45) is 2.79. The summed E-state index contributed by atoms with van der Waals surface area (Å²) in [5, 5.41) is 7.42. The van der Waals surface area contributed by atoms with Gasteiger partial charge >= 0.3 is 0 Å². The molecule has 1 aromatic heterocycles. The van der Waals surface area contributed by atoms with E-state index in [4.69, 9.17) is 11.1 Å². The topological polar surface area (TPSA) is 100 Å². The summed E-state index contributed by atoms with van der Waals surface area (Å²) in [4.78, 5) is 5.91. The minimum Gasteiger partial charge on any atom is -0.382 e. The molecule has 7 heteroatoms. The quantitative estimate of drug-likeness (QED) is 0.553. The van der Waals surface area contributed by atoms with Gasteiger partial charge in [-0.15, -0.1) is 0 Å². The van der Waals surface area contributed by atoms with E-state index < -0.39 is 9.84 Å². The fourth-order valence-corrected chi connectivity index (χ4v) is 2.14. The highest BCUT2D eigenvalue weighted by Crippen LogP contribution is 2.07. The zero-order valence-corrected chi connectivity index (χ0v) is 11.4. The molecule has 0 aliphatic heterocycles. The largest absolute Gasteiger partial charge is 0.382 e. The van der Waals surface area contributed by atoms with E-state index in [2.05, 4.69) is 4.98 Å². The van der Waals surface area contributed by atoms with Crippen molar-refractivity contribution in [2.45, 2.75) is 6.54 Å². The number of pyridine rings is 1. The van der Waals surface area contributed by atoms with Gasteiger partial charge in [0.2, 0.25) is 0 Å². The van der Waals surface area contributed by atoms with Crippen LogP contribution < -0.4 is 5.73 Å². The maximum Gasteiger partial charge on any atom is 0.148 e. The number of aromatic nitrogens is 1. The number of hydrogen-bond donors (Lipinski definition) is 2. The maximum absolute atomic E-state index is 11.1. The first-order valence-corrected chi connectivity index (χ1v) is 7.50. The molecule has 0 aliphatic rings. The number of nitrogens with zero attached hydrogens (tertiary/aromatic N) is 2. The number of rotatable bonds is 6. The summed E-state index contributed by atoms with van der Waals surface area (Å²) in [7, 11) is -1.14. The van der Waals surface area contributed by atoms with Gasteiger partial charge in [-0.2, -0.15) is 0 Å². The number of nitrogens with one attached hydrogen (secondary N) is 1. The third-order valence-corrected chi connectivity index (χ3v) is 3.35. The Hall–Kier alpha value is -1.47. The first kappa shape index (κ1) is 14.6. The van der Waals surface area contributed by atoms with Crippen molar-refractivity contribution in [1.29, 1.82) is 5.41 Å². The second kappa shape index (κ2) is 5.92. The molecule has 0 aromatic carbocycles. The molecule has 1 rings (SSSR count). The number of nitrogens with two attached hydrogens (primary N) is 1. The molecule has 0 bridgehead atoms. The summed E-state index contributed by atoms with van der Waals surface area (Å²) in [6.45, 7) is 0.948. The van der Waals surface area contributed by atoms with Crippen LogP contribution in [0, 0.1) is 5.41 Å². The molecule has 0 aliphatic carbocycles. The lowest BCUT2D eigenvalue weighted by molar-refractivity contribution is 0.345. The van der Waals surface area contributed by atoms with Gasteiger partial charge in [0, 0.05) is 25.5 Å². The normalized spacial score (nSPS) is 11.7. The molecule has 0 saturated heterocycles. The Morgan fingerprint density at radius 1 is 1.56 bits per heavy atom. The summed E-state index contributed by atoms with van der Waals surface area (Å²) >= 11 is 0. The van der Waals surface area contributed by atoms with Gasteiger partial charge in [-0.3, -0.25) is 10.4 Å². The predicted octanol–water partition coefficient (Wildman–Crippen LogP) is -0.158. The highest BCUT2D eigenvalue weighted by Gasteiger charge is 2.10. The molecule has 0 amide bonds. The number of nitrogen functional groups attached to an aromatic ring is 1. The van der Waals surface area contributed by atoms with E-state index in [0.717, 1.165) is 5.56 Å². The van der Waals surface area contributed by atoms with Crippen molar-refractivity contribution in [3.05, 3.63) is 29.6 Å². The van der Waals surface area contributed by atoms with Crippen LogP contribution in [0.4, 0.5) is 0 Å². The van der Waals surface area contributed by atoms with Crippen LogP contribution in [-0.2, 0) is 16.4 Å². The van der Waals surface area contributed by atoms with Crippen molar-refractivity contribution >= 4 is 15.7 Å². The number of hydrogen-bond acceptors (Lipinski definition) is 5. The molecule has 0 spiro atoms. The first-order valence-electron chi connectivity index (χ1n) is 5.44. The van der Waals surface area contributed by atoms with Gasteiger partial charge in [-0.1, -0.05) is 6.07 Å². The van der Waals surface area contributed by atoms with Crippen LogP contribution in [0.15, 0.2) is 18.3 Å². The van der Waals surface area contributed by atoms with Gasteiger partial charge < -0.3 is 10.6 Å². The highest BCUT2D eigenvalue weighted by molar-refractivity contribution is 7.90. The number of sulfone groups is 1. The molecule has 0 atom stereocenters. The van der Waals surface area contributed by atoms with Gasteiger partial charge in [-0.05, 0) is 18.7 Å². The molecule has 18 heavy (non-hydrogen) atoms. The monoisotopic (exact) mass is 270 g/mol. The SMILES string of the molecule is CN(CCS(C)(=O)=O)Cc1cccnc1C(=N)N. The maximum atomic E-state index is 11.1. The van der Waals surface area contributed by atoms with Gasteiger partial charge in [-0.25, -0.2) is 8.42 Å². The van der Waals surface area contributed by atoms with E-state index in [1.165, 1.54) is 6.26 Å². The highest BCUT2D eigenvalue weighted by atomic mass is 32.2. The van der Waals surface area contributed by atoms with E-state index in [9.17, 15) is 8.42 Å². The van der Waals surface area contributed by atoms with Crippen molar-refractivity contribution in [3.63, 3.8) is 0 Å². The summed E-state index contributed by atoms with van der Waals surface area (Å²) in [5.74, 6) is 0.0289. The van der Waals surface area contributed by atoms with Gasteiger partial charge in [0.15, 0.2) is 0 Å². The van der Waals surface area contributed by atoms with Crippen LogP contribution in [0.2, 0.25) is 0 Å². The smallest absolute Gasteiger partial charge is 0.148 e. The van der Waals surface area contributed by atoms with Crippen molar-refractivity contribution in [3.8, 4) is 0 Å². The lowest BCUT2D eigenvalue weighted by atomic mass is 10.1. The second-order valence-corrected chi connectivity index (χ2v) is 6.55. The van der Waals surface area contributed by atoms with E-state index in [1.54, 1.807) is 12.3 Å². The zero-order chi connectivity index (χ0) is 13.8. The van der Waals surface area contributed by atoms with E-state index in [1.807, 2.05) is 18.0 Å². The van der Waals surface area contributed by atoms with Gasteiger partial charge in [0.25, 0.3) is 0 Å². The molecule has 1 heterocycles. The zero-order valence-electron chi connectivity index (χ0n) is 10.5. The third-order valence-electron chi connectivity index (χ3n) is 2.43. The average Bonchev–Trinajstić information content (AvgIpc) is 2.26. The molecule has 3 N–H and O–H groups in total. The Morgan fingerprint density at radius 3 is 2.78 bits per heavy atom. The molecule has 100 valence electrons. The van der Waals surface area contributed by atoms with Crippen molar-refractivity contribution in [2.75, 3.05) is 25.6 Å². The fraction of sp³-hybridized carbons (Fsp3) is 0.455. The molecule has 0 radical (unpaired) electrons. The Kier molecular flexibility index (Phi) is 4.80. The standard InChI is InChI=1S/C11H18N4O2S/c1-15(6-7-18(2,16)17)8-9-4-3-5-14-10(9)11(12)13/h3-5H,6-8H2,1-2H3,(H3,12,13). The Balaban J connectivity index is 2.70. The van der Waals surface area contributed by atoms with E-state index in [0.29, 0.717) is 18.8 Å². The minimum absolute atomic E-state index is 0.0814. The van der Waals surface area contributed by atoms with E-state index in [-0.39, 0.29) is 11.6 Å². The lowest BCUT2D eigenvalue weighted by Gasteiger charge is -2.17. The molecule has 0 unspecified atom stereocenters. The summed E-state index contributed by atoms with van der Waals surface area (Å²) in [5.41, 5.74) is 6.71. The number of amidine groups is 1. The summed E-state index contributed by atoms with van der Waals surface area (Å²) in [6, 6.07) is 3.60. The van der Waals surface area contributed by atoms with Gasteiger partial charge in [0.05, 0.1) is 5.75 Å². The molecule has 0 saturated carbocycles. The van der Waals surface area contributed by atoms with Crippen LogP contribution in [-0.4, -0.2) is 49.7 Å². The predicted molar refractivity (Wildman–Crippen MR) is 71.3 cm³/mol. The molecule has 0 fully saturated rings.